The van der Waals surface area contributed by atoms with Crippen molar-refractivity contribution in [3.63, 3.8) is 0 Å². The van der Waals surface area contributed by atoms with Gasteiger partial charge in [-0.15, -0.1) is 0 Å². The van der Waals surface area contributed by atoms with Gasteiger partial charge in [-0.1, -0.05) is 35.9 Å². The lowest BCUT2D eigenvalue weighted by molar-refractivity contribution is 0.651. The maximum Gasteiger partial charge on any atom is 0.0471 e. The molecule has 0 saturated carbocycles. The van der Waals surface area contributed by atoms with E-state index in [4.69, 9.17) is 17.3 Å². The number of halogens is 1. The van der Waals surface area contributed by atoms with Crippen LogP contribution in [0.2, 0.25) is 5.02 Å². The molecule has 3 nitrogen and oxygen atoms in total. The topological polar surface area (TPSA) is 32.5 Å². The molecule has 0 aromatic heterocycles. The monoisotopic (exact) mass is 301 g/mol. The summed E-state index contributed by atoms with van der Waals surface area (Å²) in [7, 11) is 0. The summed E-state index contributed by atoms with van der Waals surface area (Å²) in [6.45, 7) is 4.49. The first-order chi connectivity index (χ1) is 10.3. The standard InChI is InChI=1S/C17H20ClN3/c18-16-7-4-8-17(15(16)13-19)21-11-9-20(10-12-21)14-5-2-1-3-6-14/h1-8H,9-13,19H2. The number of para-hydroxylation sites is 1. The van der Waals surface area contributed by atoms with Gasteiger partial charge in [0.25, 0.3) is 0 Å². The molecular weight excluding hydrogens is 282 g/mol. The third-order valence-corrected chi connectivity index (χ3v) is 4.39. The molecule has 0 bridgehead atoms. The molecule has 1 aliphatic heterocycles. The van der Waals surface area contributed by atoms with Gasteiger partial charge in [0.15, 0.2) is 0 Å². The van der Waals surface area contributed by atoms with E-state index < -0.39 is 0 Å². The molecule has 0 unspecified atom stereocenters. The van der Waals surface area contributed by atoms with Crippen molar-refractivity contribution in [2.75, 3.05) is 36.0 Å². The lowest BCUT2D eigenvalue weighted by Crippen LogP contribution is -2.46. The first-order valence-corrected chi connectivity index (χ1v) is 7.70. The van der Waals surface area contributed by atoms with Gasteiger partial charge in [0.1, 0.15) is 0 Å². The fourth-order valence-corrected chi connectivity index (χ4v) is 3.14. The molecular formula is C17H20ClN3. The lowest BCUT2D eigenvalue weighted by Gasteiger charge is -2.38. The Morgan fingerprint density at radius 1 is 0.857 bits per heavy atom. The van der Waals surface area contributed by atoms with E-state index in [2.05, 4.69) is 46.2 Å². The highest BCUT2D eigenvalue weighted by Crippen LogP contribution is 2.28. The van der Waals surface area contributed by atoms with Crippen LogP contribution >= 0.6 is 11.6 Å². The van der Waals surface area contributed by atoms with Crippen LogP contribution in [0.25, 0.3) is 0 Å². The number of anilines is 2. The number of piperazine rings is 1. The molecule has 1 aliphatic rings. The van der Waals surface area contributed by atoms with Gasteiger partial charge in [-0.25, -0.2) is 0 Å². The minimum absolute atomic E-state index is 0.480. The van der Waals surface area contributed by atoms with Crippen LogP contribution in [0.1, 0.15) is 5.56 Å². The lowest BCUT2D eigenvalue weighted by atomic mass is 10.1. The Morgan fingerprint density at radius 3 is 2.19 bits per heavy atom. The van der Waals surface area contributed by atoms with Gasteiger partial charge in [0.2, 0.25) is 0 Å². The average Bonchev–Trinajstić information content (AvgIpc) is 2.55. The third kappa shape index (κ3) is 2.99. The van der Waals surface area contributed by atoms with Gasteiger partial charge >= 0.3 is 0 Å². The van der Waals surface area contributed by atoms with E-state index in [-0.39, 0.29) is 0 Å². The van der Waals surface area contributed by atoms with E-state index in [1.54, 1.807) is 0 Å². The summed E-state index contributed by atoms with van der Waals surface area (Å²) in [5, 5.41) is 0.764. The minimum Gasteiger partial charge on any atom is -0.368 e. The summed E-state index contributed by atoms with van der Waals surface area (Å²) in [6, 6.07) is 16.6. The highest BCUT2D eigenvalue weighted by molar-refractivity contribution is 6.31. The van der Waals surface area contributed by atoms with Crippen LogP contribution in [0, 0.1) is 0 Å². The molecule has 0 atom stereocenters. The Labute approximate surface area is 130 Å². The van der Waals surface area contributed by atoms with Gasteiger partial charge in [0.05, 0.1) is 0 Å². The fourth-order valence-electron chi connectivity index (χ4n) is 2.89. The Hall–Kier alpha value is -1.71. The van der Waals surface area contributed by atoms with E-state index in [0.717, 1.165) is 36.8 Å². The highest BCUT2D eigenvalue weighted by Gasteiger charge is 2.19. The number of hydrogen-bond donors (Lipinski definition) is 1. The highest BCUT2D eigenvalue weighted by atomic mass is 35.5. The van der Waals surface area contributed by atoms with E-state index >= 15 is 0 Å². The Kier molecular flexibility index (Phi) is 4.32. The average molecular weight is 302 g/mol. The SMILES string of the molecule is NCc1c(Cl)cccc1N1CCN(c2ccccc2)CC1. The quantitative estimate of drug-likeness (QED) is 0.945. The van der Waals surface area contributed by atoms with Crippen LogP contribution < -0.4 is 15.5 Å². The van der Waals surface area contributed by atoms with Gasteiger partial charge < -0.3 is 15.5 Å². The van der Waals surface area contributed by atoms with E-state index in [1.165, 1.54) is 11.4 Å². The summed E-state index contributed by atoms with van der Waals surface area (Å²) in [5.41, 5.74) is 9.38. The third-order valence-electron chi connectivity index (χ3n) is 4.04. The van der Waals surface area contributed by atoms with E-state index in [0.29, 0.717) is 6.54 Å². The van der Waals surface area contributed by atoms with Gasteiger partial charge in [0, 0.05) is 54.7 Å². The van der Waals surface area contributed by atoms with Crippen LogP contribution in [-0.4, -0.2) is 26.2 Å². The van der Waals surface area contributed by atoms with Gasteiger partial charge in [-0.05, 0) is 24.3 Å². The molecule has 1 heterocycles. The maximum absolute atomic E-state index is 6.26. The van der Waals surface area contributed by atoms with Crippen molar-refractivity contribution in [3.05, 3.63) is 59.1 Å². The first kappa shape index (κ1) is 14.2. The zero-order chi connectivity index (χ0) is 14.7. The van der Waals surface area contributed by atoms with Crippen molar-refractivity contribution in [2.45, 2.75) is 6.54 Å². The molecule has 3 rings (SSSR count). The summed E-state index contributed by atoms with van der Waals surface area (Å²) in [5.74, 6) is 0. The number of nitrogens with zero attached hydrogens (tertiary/aromatic N) is 2. The largest absolute Gasteiger partial charge is 0.368 e. The molecule has 110 valence electrons. The Balaban J connectivity index is 1.73. The molecule has 4 heteroatoms. The molecule has 0 spiro atoms. The molecule has 1 fully saturated rings. The number of nitrogens with two attached hydrogens (primary N) is 1. The predicted molar refractivity (Wildman–Crippen MR) is 90.2 cm³/mol. The Bertz CT molecular complexity index is 592. The summed E-state index contributed by atoms with van der Waals surface area (Å²) < 4.78 is 0. The second-order valence-corrected chi connectivity index (χ2v) is 5.66. The van der Waals surface area contributed by atoms with Crippen molar-refractivity contribution < 1.29 is 0 Å². The summed E-state index contributed by atoms with van der Waals surface area (Å²) >= 11 is 6.26. The maximum atomic E-state index is 6.26. The molecule has 2 aromatic carbocycles. The van der Waals surface area contributed by atoms with Gasteiger partial charge in [-0.2, -0.15) is 0 Å². The van der Waals surface area contributed by atoms with E-state index in [9.17, 15) is 0 Å². The fraction of sp³-hybridized carbons (Fsp3) is 0.294. The van der Waals surface area contributed by atoms with Crippen LogP contribution in [0.3, 0.4) is 0 Å². The Morgan fingerprint density at radius 2 is 1.52 bits per heavy atom. The molecule has 0 radical (unpaired) electrons. The van der Waals surface area contributed by atoms with Crippen molar-refractivity contribution in [2.24, 2.45) is 5.73 Å². The van der Waals surface area contributed by atoms with Crippen LogP contribution in [0.5, 0.6) is 0 Å². The smallest absolute Gasteiger partial charge is 0.0471 e. The molecule has 21 heavy (non-hydrogen) atoms. The van der Waals surface area contributed by atoms with Gasteiger partial charge in [-0.3, -0.25) is 0 Å². The zero-order valence-electron chi connectivity index (χ0n) is 12.0. The molecule has 0 aliphatic carbocycles. The first-order valence-electron chi connectivity index (χ1n) is 7.32. The van der Waals surface area contributed by atoms with Crippen molar-refractivity contribution >= 4 is 23.0 Å². The second kappa shape index (κ2) is 6.37. The van der Waals surface area contributed by atoms with Crippen LogP contribution in [-0.2, 0) is 6.54 Å². The van der Waals surface area contributed by atoms with Crippen molar-refractivity contribution in [1.82, 2.24) is 0 Å². The van der Waals surface area contributed by atoms with Crippen molar-refractivity contribution in [1.29, 1.82) is 0 Å². The predicted octanol–water partition coefficient (Wildman–Crippen LogP) is 3.13. The summed E-state index contributed by atoms with van der Waals surface area (Å²) in [4.78, 5) is 4.80. The number of rotatable bonds is 3. The number of benzene rings is 2. The van der Waals surface area contributed by atoms with Crippen molar-refractivity contribution in [3.8, 4) is 0 Å². The van der Waals surface area contributed by atoms with E-state index in [1.807, 2.05) is 12.1 Å². The normalized spacial score (nSPS) is 15.3. The van der Waals surface area contributed by atoms with Crippen LogP contribution in [0.4, 0.5) is 11.4 Å². The minimum atomic E-state index is 0.480. The zero-order valence-corrected chi connectivity index (χ0v) is 12.8. The molecule has 2 aromatic rings. The molecule has 1 saturated heterocycles. The number of hydrogen-bond acceptors (Lipinski definition) is 3. The second-order valence-electron chi connectivity index (χ2n) is 5.25. The van der Waals surface area contributed by atoms with Crippen LogP contribution in [0.15, 0.2) is 48.5 Å². The summed E-state index contributed by atoms with van der Waals surface area (Å²) in [6.07, 6.45) is 0. The molecule has 0 amide bonds. The molecule has 2 N–H and O–H groups in total.